The van der Waals surface area contributed by atoms with E-state index in [4.69, 9.17) is 9.47 Å². The van der Waals surface area contributed by atoms with Crippen molar-refractivity contribution in [1.29, 1.82) is 0 Å². The fourth-order valence-corrected chi connectivity index (χ4v) is 2.74. The average molecular weight is 288 g/mol. The SMILES string of the molecule is CCCNC1CCN(CC(O)COCCOC)CC1C. The molecule has 0 aromatic rings. The minimum atomic E-state index is -0.404. The summed E-state index contributed by atoms with van der Waals surface area (Å²) in [4.78, 5) is 2.35. The largest absolute Gasteiger partial charge is 0.389 e. The second-order valence-electron chi connectivity index (χ2n) is 5.81. The Bertz CT molecular complexity index is 241. The summed E-state index contributed by atoms with van der Waals surface area (Å²) in [5.74, 6) is 0.636. The standard InChI is InChI=1S/C15H32N2O3/c1-4-6-16-15-5-7-17(10-13(15)2)11-14(18)12-20-9-8-19-3/h13-16,18H,4-12H2,1-3H3. The van der Waals surface area contributed by atoms with Gasteiger partial charge in [-0.1, -0.05) is 13.8 Å². The van der Waals surface area contributed by atoms with Crippen LogP contribution in [0.25, 0.3) is 0 Å². The van der Waals surface area contributed by atoms with Crippen LogP contribution in [0.1, 0.15) is 26.7 Å². The van der Waals surface area contributed by atoms with Crippen molar-refractivity contribution in [2.45, 2.75) is 38.8 Å². The smallest absolute Gasteiger partial charge is 0.0900 e. The topological polar surface area (TPSA) is 54.0 Å². The zero-order valence-electron chi connectivity index (χ0n) is 13.3. The molecule has 0 aromatic carbocycles. The molecule has 5 nitrogen and oxygen atoms in total. The van der Waals surface area contributed by atoms with Crippen LogP contribution in [0, 0.1) is 5.92 Å². The summed E-state index contributed by atoms with van der Waals surface area (Å²) < 4.78 is 10.3. The molecular weight excluding hydrogens is 256 g/mol. The Hall–Kier alpha value is -0.200. The van der Waals surface area contributed by atoms with Gasteiger partial charge in [0.25, 0.3) is 0 Å². The zero-order chi connectivity index (χ0) is 14.8. The molecule has 1 heterocycles. The number of likely N-dealkylation sites (tertiary alicyclic amines) is 1. The van der Waals surface area contributed by atoms with Crippen LogP contribution in [-0.4, -0.2) is 75.3 Å². The Morgan fingerprint density at radius 1 is 1.40 bits per heavy atom. The predicted octanol–water partition coefficient (Wildman–Crippen LogP) is 0.720. The van der Waals surface area contributed by atoms with Gasteiger partial charge in [0.1, 0.15) is 0 Å². The number of rotatable bonds is 10. The van der Waals surface area contributed by atoms with Gasteiger partial charge in [-0.2, -0.15) is 0 Å². The number of aliphatic hydroxyl groups is 1. The highest BCUT2D eigenvalue weighted by molar-refractivity contribution is 4.83. The van der Waals surface area contributed by atoms with E-state index >= 15 is 0 Å². The number of hydrogen-bond acceptors (Lipinski definition) is 5. The van der Waals surface area contributed by atoms with Crippen molar-refractivity contribution in [3.63, 3.8) is 0 Å². The molecule has 0 aliphatic carbocycles. The number of hydrogen-bond donors (Lipinski definition) is 2. The van der Waals surface area contributed by atoms with Gasteiger partial charge in [-0.05, 0) is 31.8 Å². The lowest BCUT2D eigenvalue weighted by Gasteiger charge is -2.38. The van der Waals surface area contributed by atoms with E-state index in [1.807, 2.05) is 0 Å². The molecule has 1 fully saturated rings. The monoisotopic (exact) mass is 288 g/mol. The van der Waals surface area contributed by atoms with E-state index in [1.54, 1.807) is 7.11 Å². The summed E-state index contributed by atoms with van der Waals surface area (Å²) in [6, 6.07) is 0.626. The maximum atomic E-state index is 9.97. The van der Waals surface area contributed by atoms with Crippen molar-refractivity contribution in [2.24, 2.45) is 5.92 Å². The summed E-state index contributed by atoms with van der Waals surface area (Å²) in [6.07, 6.45) is 1.95. The van der Waals surface area contributed by atoms with Crippen molar-refractivity contribution in [1.82, 2.24) is 10.2 Å². The van der Waals surface area contributed by atoms with Gasteiger partial charge < -0.3 is 24.8 Å². The summed E-state index contributed by atoms with van der Waals surface area (Å²) in [7, 11) is 1.65. The number of β-amino-alcohol motifs (C(OH)–C–C–N with tert-alkyl or cyclic N) is 1. The number of ether oxygens (including phenoxy) is 2. The first-order valence-electron chi connectivity index (χ1n) is 7.87. The lowest BCUT2D eigenvalue weighted by Crippen LogP contribution is -2.50. The molecule has 20 heavy (non-hydrogen) atoms. The molecule has 1 saturated heterocycles. The third-order valence-corrected chi connectivity index (χ3v) is 3.86. The number of aliphatic hydroxyl groups excluding tert-OH is 1. The minimum Gasteiger partial charge on any atom is -0.389 e. The Morgan fingerprint density at radius 2 is 2.20 bits per heavy atom. The second-order valence-corrected chi connectivity index (χ2v) is 5.81. The average Bonchev–Trinajstić information content (AvgIpc) is 2.43. The van der Waals surface area contributed by atoms with Gasteiger partial charge in [-0.15, -0.1) is 0 Å². The first-order chi connectivity index (χ1) is 9.67. The molecule has 0 spiro atoms. The number of methoxy groups -OCH3 is 1. The molecule has 0 amide bonds. The summed E-state index contributed by atoms with van der Waals surface area (Å²) >= 11 is 0. The third-order valence-electron chi connectivity index (χ3n) is 3.86. The Labute approximate surface area is 123 Å². The van der Waals surface area contributed by atoms with Crippen molar-refractivity contribution < 1.29 is 14.6 Å². The van der Waals surface area contributed by atoms with Gasteiger partial charge in [0.15, 0.2) is 0 Å². The molecule has 1 aliphatic rings. The van der Waals surface area contributed by atoms with Gasteiger partial charge in [0, 0.05) is 26.2 Å². The van der Waals surface area contributed by atoms with Gasteiger partial charge in [-0.25, -0.2) is 0 Å². The van der Waals surface area contributed by atoms with E-state index < -0.39 is 6.10 Å². The van der Waals surface area contributed by atoms with Crippen LogP contribution in [0.2, 0.25) is 0 Å². The predicted molar refractivity (Wildman–Crippen MR) is 81.0 cm³/mol. The van der Waals surface area contributed by atoms with E-state index in [0.29, 0.717) is 38.3 Å². The summed E-state index contributed by atoms with van der Waals surface area (Å²) in [5.41, 5.74) is 0. The first-order valence-corrected chi connectivity index (χ1v) is 7.87. The van der Waals surface area contributed by atoms with Gasteiger partial charge >= 0.3 is 0 Å². The van der Waals surface area contributed by atoms with Crippen molar-refractivity contribution in [3.05, 3.63) is 0 Å². The molecule has 0 saturated carbocycles. The van der Waals surface area contributed by atoms with Crippen LogP contribution in [0.5, 0.6) is 0 Å². The number of piperidine rings is 1. The minimum absolute atomic E-state index is 0.395. The maximum absolute atomic E-state index is 9.97. The summed E-state index contributed by atoms with van der Waals surface area (Å²) in [6.45, 7) is 9.94. The molecule has 0 bridgehead atoms. The van der Waals surface area contributed by atoms with E-state index in [9.17, 15) is 5.11 Å². The normalized spacial score (nSPS) is 25.8. The molecule has 0 radical (unpaired) electrons. The van der Waals surface area contributed by atoms with E-state index in [1.165, 1.54) is 12.8 Å². The van der Waals surface area contributed by atoms with Gasteiger partial charge in [-0.3, -0.25) is 0 Å². The Morgan fingerprint density at radius 3 is 2.85 bits per heavy atom. The van der Waals surface area contributed by atoms with Gasteiger partial charge in [0.2, 0.25) is 0 Å². The highest BCUT2D eigenvalue weighted by Gasteiger charge is 2.26. The molecule has 120 valence electrons. The number of nitrogens with zero attached hydrogens (tertiary/aromatic N) is 1. The zero-order valence-corrected chi connectivity index (χ0v) is 13.3. The molecule has 1 aliphatic heterocycles. The highest BCUT2D eigenvalue weighted by Crippen LogP contribution is 2.17. The van der Waals surface area contributed by atoms with Crippen LogP contribution < -0.4 is 5.32 Å². The molecule has 3 atom stereocenters. The molecule has 1 rings (SSSR count). The summed E-state index contributed by atoms with van der Waals surface area (Å²) in [5, 5.41) is 13.6. The lowest BCUT2D eigenvalue weighted by atomic mass is 9.93. The third kappa shape index (κ3) is 6.99. The molecule has 0 aromatic heterocycles. The van der Waals surface area contributed by atoms with Crippen molar-refractivity contribution in [2.75, 3.05) is 53.1 Å². The Balaban J connectivity index is 2.16. The molecule has 3 unspecified atom stereocenters. The fourth-order valence-electron chi connectivity index (χ4n) is 2.74. The van der Waals surface area contributed by atoms with Crippen LogP contribution >= 0.6 is 0 Å². The van der Waals surface area contributed by atoms with Crippen LogP contribution in [-0.2, 0) is 9.47 Å². The Kier molecular flexibility index (Phi) is 9.39. The van der Waals surface area contributed by atoms with E-state index in [0.717, 1.165) is 19.6 Å². The molecule has 5 heteroatoms. The quantitative estimate of drug-likeness (QED) is 0.580. The van der Waals surface area contributed by atoms with Crippen molar-refractivity contribution >= 4 is 0 Å². The lowest BCUT2D eigenvalue weighted by molar-refractivity contribution is -0.00715. The number of nitrogens with one attached hydrogen (secondary N) is 1. The van der Waals surface area contributed by atoms with Crippen molar-refractivity contribution in [3.8, 4) is 0 Å². The van der Waals surface area contributed by atoms with Gasteiger partial charge in [0.05, 0.1) is 25.9 Å². The molecule has 2 N–H and O–H groups in total. The molecular formula is C15H32N2O3. The highest BCUT2D eigenvalue weighted by atomic mass is 16.5. The maximum Gasteiger partial charge on any atom is 0.0900 e. The second kappa shape index (κ2) is 10.5. The van der Waals surface area contributed by atoms with Crippen LogP contribution in [0.15, 0.2) is 0 Å². The van der Waals surface area contributed by atoms with E-state index in [2.05, 4.69) is 24.1 Å². The van der Waals surface area contributed by atoms with Crippen LogP contribution in [0.4, 0.5) is 0 Å². The first kappa shape index (κ1) is 17.9. The van der Waals surface area contributed by atoms with Crippen LogP contribution in [0.3, 0.4) is 0 Å². The van der Waals surface area contributed by atoms with E-state index in [-0.39, 0.29) is 0 Å². The fraction of sp³-hybridized carbons (Fsp3) is 1.00.